The molecular formula is C17H23NO2S2. The molecule has 0 aliphatic carbocycles. The maximum absolute atomic E-state index is 12.6. The first-order valence-electron chi connectivity index (χ1n) is 7.87. The van der Waals surface area contributed by atoms with Crippen LogP contribution in [0.25, 0.3) is 6.08 Å². The highest BCUT2D eigenvalue weighted by molar-refractivity contribution is 8.26. The molecule has 0 N–H and O–H groups in total. The van der Waals surface area contributed by atoms with Crippen molar-refractivity contribution in [3.63, 3.8) is 0 Å². The van der Waals surface area contributed by atoms with Gasteiger partial charge in [0.15, 0.2) is 0 Å². The first kappa shape index (κ1) is 17.3. The number of unbranched alkanes of at least 4 members (excludes halogenated alkanes) is 1. The molecule has 1 aliphatic heterocycles. The molecule has 1 saturated heterocycles. The molecule has 0 saturated carbocycles. The maximum Gasteiger partial charge on any atom is 0.266 e. The number of carbonyl (C=O) groups excluding carboxylic acids is 1. The highest BCUT2D eigenvalue weighted by Gasteiger charge is 2.33. The monoisotopic (exact) mass is 337 g/mol. The second kappa shape index (κ2) is 7.97. The lowest BCUT2D eigenvalue weighted by molar-refractivity contribution is -0.122. The van der Waals surface area contributed by atoms with E-state index in [1.807, 2.05) is 19.1 Å². The van der Waals surface area contributed by atoms with Gasteiger partial charge in [0, 0.05) is 12.6 Å². The van der Waals surface area contributed by atoms with Crippen molar-refractivity contribution in [3.05, 3.63) is 28.6 Å². The van der Waals surface area contributed by atoms with Crippen LogP contribution in [0.5, 0.6) is 0 Å². The van der Waals surface area contributed by atoms with E-state index in [2.05, 4.69) is 13.8 Å². The van der Waals surface area contributed by atoms with Crippen LogP contribution in [-0.2, 0) is 4.79 Å². The Morgan fingerprint density at radius 3 is 2.77 bits per heavy atom. The predicted octanol–water partition coefficient (Wildman–Crippen LogP) is 5.01. The second-order valence-corrected chi connectivity index (χ2v) is 7.33. The summed E-state index contributed by atoms with van der Waals surface area (Å²) < 4.78 is 6.18. The fourth-order valence-corrected chi connectivity index (χ4v) is 3.75. The van der Waals surface area contributed by atoms with Gasteiger partial charge in [-0.1, -0.05) is 57.1 Å². The number of hydrogen-bond acceptors (Lipinski definition) is 4. The van der Waals surface area contributed by atoms with Crippen molar-refractivity contribution in [2.75, 3.05) is 6.54 Å². The van der Waals surface area contributed by atoms with Gasteiger partial charge in [0.25, 0.3) is 5.91 Å². The number of aryl methyl sites for hydroxylation is 1. The van der Waals surface area contributed by atoms with Crippen LogP contribution in [0.15, 0.2) is 21.5 Å². The van der Waals surface area contributed by atoms with E-state index in [1.165, 1.54) is 24.6 Å². The Morgan fingerprint density at radius 1 is 1.41 bits per heavy atom. The predicted molar refractivity (Wildman–Crippen MR) is 96.6 cm³/mol. The smallest absolute Gasteiger partial charge is 0.266 e. The molecular weight excluding hydrogens is 314 g/mol. The molecule has 1 aromatic heterocycles. The largest absolute Gasteiger partial charge is 0.462 e. The van der Waals surface area contributed by atoms with Crippen molar-refractivity contribution in [2.24, 2.45) is 5.92 Å². The quantitative estimate of drug-likeness (QED) is 0.517. The molecule has 0 spiro atoms. The minimum absolute atomic E-state index is 0.0130. The maximum atomic E-state index is 12.6. The van der Waals surface area contributed by atoms with Crippen LogP contribution < -0.4 is 0 Å². The molecule has 0 bridgehead atoms. The van der Waals surface area contributed by atoms with Gasteiger partial charge in [0.05, 0.1) is 4.91 Å². The summed E-state index contributed by atoms with van der Waals surface area (Å²) in [6.07, 6.45) is 6.41. The molecule has 120 valence electrons. The Bertz CT molecular complexity index is 577. The fraction of sp³-hybridized carbons (Fsp3) is 0.529. The van der Waals surface area contributed by atoms with Gasteiger partial charge in [-0.25, -0.2) is 0 Å². The molecule has 1 aliphatic rings. The molecule has 22 heavy (non-hydrogen) atoms. The van der Waals surface area contributed by atoms with Crippen molar-refractivity contribution in [1.82, 2.24) is 4.90 Å². The molecule has 1 unspecified atom stereocenters. The highest BCUT2D eigenvalue weighted by Crippen LogP contribution is 2.34. The Morgan fingerprint density at radius 2 is 2.18 bits per heavy atom. The van der Waals surface area contributed by atoms with Gasteiger partial charge in [-0.15, -0.1) is 0 Å². The normalized spacial score (nSPS) is 18.5. The number of hydrogen-bond donors (Lipinski definition) is 0. The minimum atomic E-state index is 0.0130. The summed E-state index contributed by atoms with van der Waals surface area (Å²) >= 11 is 6.76. The molecule has 1 aromatic rings. The van der Waals surface area contributed by atoms with Crippen molar-refractivity contribution < 1.29 is 9.21 Å². The third-order valence-corrected chi connectivity index (χ3v) is 5.27. The van der Waals surface area contributed by atoms with Crippen LogP contribution in [0, 0.1) is 12.8 Å². The van der Waals surface area contributed by atoms with Crippen LogP contribution in [0.4, 0.5) is 0 Å². The van der Waals surface area contributed by atoms with Crippen LogP contribution in [0.3, 0.4) is 0 Å². The standard InChI is InChI=1S/C17H23NO2S2/c1-4-6-7-13(5-2)11-18-16(19)15(22-17(18)21)10-14-9-8-12(3)20-14/h8-10,13H,4-7,11H2,1-3H3/b15-10+. The molecule has 0 radical (unpaired) electrons. The number of carbonyl (C=O) groups is 1. The van der Waals surface area contributed by atoms with Crippen molar-refractivity contribution in [1.29, 1.82) is 0 Å². The van der Waals surface area contributed by atoms with E-state index in [1.54, 1.807) is 11.0 Å². The van der Waals surface area contributed by atoms with E-state index in [0.717, 1.165) is 25.1 Å². The molecule has 5 heteroatoms. The molecule has 1 atom stereocenters. The van der Waals surface area contributed by atoms with Crippen molar-refractivity contribution in [2.45, 2.75) is 46.5 Å². The van der Waals surface area contributed by atoms with Gasteiger partial charge >= 0.3 is 0 Å². The van der Waals surface area contributed by atoms with E-state index < -0.39 is 0 Å². The van der Waals surface area contributed by atoms with Crippen LogP contribution in [0.1, 0.15) is 51.1 Å². The van der Waals surface area contributed by atoms with Crippen molar-refractivity contribution >= 4 is 40.3 Å². The number of thiocarbonyl (C=S) groups is 1. The summed E-state index contributed by atoms with van der Waals surface area (Å²) in [5.74, 6) is 2.08. The Hall–Kier alpha value is -1.07. The van der Waals surface area contributed by atoms with E-state index in [-0.39, 0.29) is 5.91 Å². The summed E-state index contributed by atoms with van der Waals surface area (Å²) in [5.41, 5.74) is 0. The lowest BCUT2D eigenvalue weighted by Crippen LogP contribution is -2.33. The first-order valence-corrected chi connectivity index (χ1v) is 9.09. The molecule has 2 heterocycles. The highest BCUT2D eigenvalue weighted by atomic mass is 32.2. The minimum Gasteiger partial charge on any atom is -0.462 e. The van der Waals surface area contributed by atoms with Crippen LogP contribution in [0.2, 0.25) is 0 Å². The summed E-state index contributed by atoms with van der Waals surface area (Å²) in [6.45, 7) is 7.00. The number of amides is 1. The summed E-state index contributed by atoms with van der Waals surface area (Å²) in [4.78, 5) is 15.0. The first-order chi connectivity index (χ1) is 10.5. The SMILES string of the molecule is CCCCC(CC)CN1C(=O)/C(=C\c2ccc(C)o2)SC1=S. The van der Waals surface area contributed by atoms with Crippen LogP contribution >= 0.6 is 24.0 Å². The van der Waals surface area contributed by atoms with Crippen LogP contribution in [-0.4, -0.2) is 21.7 Å². The van der Waals surface area contributed by atoms with Gasteiger partial charge < -0.3 is 4.42 Å². The molecule has 3 nitrogen and oxygen atoms in total. The zero-order chi connectivity index (χ0) is 16.1. The fourth-order valence-electron chi connectivity index (χ4n) is 2.49. The number of rotatable bonds is 7. The molecule has 1 fully saturated rings. The summed E-state index contributed by atoms with van der Waals surface area (Å²) in [7, 11) is 0. The zero-order valence-corrected chi connectivity index (χ0v) is 15.1. The average Bonchev–Trinajstić information content (AvgIpc) is 3.01. The number of thioether (sulfide) groups is 1. The second-order valence-electron chi connectivity index (χ2n) is 5.66. The topological polar surface area (TPSA) is 33.5 Å². The third kappa shape index (κ3) is 4.23. The molecule has 1 amide bonds. The van der Waals surface area contributed by atoms with E-state index >= 15 is 0 Å². The summed E-state index contributed by atoms with van der Waals surface area (Å²) in [6, 6.07) is 3.77. The average molecular weight is 338 g/mol. The van der Waals surface area contributed by atoms with Gasteiger partial charge in [-0.3, -0.25) is 9.69 Å². The van der Waals surface area contributed by atoms with Gasteiger partial charge in [0.2, 0.25) is 0 Å². The molecule has 2 rings (SSSR count). The Labute approximate surface area is 142 Å². The lowest BCUT2D eigenvalue weighted by atomic mass is 9.99. The number of nitrogens with zero attached hydrogens (tertiary/aromatic N) is 1. The van der Waals surface area contributed by atoms with Gasteiger partial charge in [-0.2, -0.15) is 0 Å². The summed E-state index contributed by atoms with van der Waals surface area (Å²) in [5, 5.41) is 0. The van der Waals surface area contributed by atoms with Gasteiger partial charge in [-0.05, 0) is 31.4 Å². The Balaban J connectivity index is 2.06. The zero-order valence-electron chi connectivity index (χ0n) is 13.4. The molecule has 0 aromatic carbocycles. The lowest BCUT2D eigenvalue weighted by Gasteiger charge is -2.21. The Kier molecular flexibility index (Phi) is 6.26. The van der Waals surface area contributed by atoms with Crippen molar-refractivity contribution in [3.8, 4) is 0 Å². The van der Waals surface area contributed by atoms with E-state index in [9.17, 15) is 4.79 Å². The number of furan rings is 1. The van der Waals surface area contributed by atoms with E-state index in [4.69, 9.17) is 16.6 Å². The van der Waals surface area contributed by atoms with Gasteiger partial charge in [0.1, 0.15) is 15.8 Å². The third-order valence-electron chi connectivity index (χ3n) is 3.89. The van der Waals surface area contributed by atoms with E-state index in [0.29, 0.717) is 20.9 Å².